The minimum absolute atomic E-state index is 0. The Morgan fingerprint density at radius 2 is 0.625 bits per heavy atom. The van der Waals surface area contributed by atoms with E-state index < -0.39 is 0 Å². The molecule has 8 heteroatoms. The van der Waals surface area contributed by atoms with E-state index in [4.69, 9.17) is 0 Å². The molecule has 0 aliphatic heterocycles. The van der Waals surface area contributed by atoms with Crippen LogP contribution < -0.4 is 0 Å². The van der Waals surface area contributed by atoms with Crippen molar-refractivity contribution in [2.45, 2.75) is 0 Å². The second-order valence-corrected chi connectivity index (χ2v) is 0. The number of hydrogen-bond donors (Lipinski definition) is 0. The molecule has 0 amide bonds. The largest absolute Gasteiger partial charge is 0.412 e. The van der Waals surface area contributed by atoms with E-state index in [0.29, 0.717) is 0 Å². The smallest absolute Gasteiger partial charge is 0 e. The fourth-order valence-electron chi connectivity index (χ4n) is 0. The molecule has 0 aliphatic rings. The first kappa shape index (κ1) is 196. The Balaban J connectivity index is 0. The van der Waals surface area contributed by atoms with Gasteiger partial charge in [0.1, 0.15) is 0 Å². The van der Waals surface area contributed by atoms with Gasteiger partial charge in [-0.3, -0.25) is 0 Å². The Morgan fingerprint density at radius 1 is 0.625 bits per heavy atom. The van der Waals surface area contributed by atoms with Gasteiger partial charge in [-0.15, -0.1) is 0 Å². The summed E-state index contributed by atoms with van der Waals surface area (Å²) in [6.07, 6.45) is 0. The van der Waals surface area contributed by atoms with Crippen molar-refractivity contribution in [2.24, 2.45) is 0 Å². The van der Waals surface area contributed by atoms with Crippen molar-refractivity contribution in [3.63, 3.8) is 0 Å². The molecule has 0 heterocycles. The molecule has 4 nitrogen and oxygen atoms in total. The third-order valence-electron chi connectivity index (χ3n) is 0. The molecule has 2 radical (unpaired) electrons. The van der Waals surface area contributed by atoms with Gasteiger partial charge in [0.25, 0.3) is 0 Å². The first-order valence-electron chi connectivity index (χ1n) is 0. The third kappa shape index (κ3) is 95.3. The molecule has 8 N–H and O–H groups in total. The van der Waals surface area contributed by atoms with Crippen molar-refractivity contribution < 1.29 is 93.3 Å². The minimum atomic E-state index is 0. The maximum atomic E-state index is 0. The molecule has 0 aromatic carbocycles. The first-order chi connectivity index (χ1) is 0. The summed E-state index contributed by atoms with van der Waals surface area (Å²) in [6.45, 7) is 0. The molecular weight excluding hydrogens is 420 g/mol. The van der Waals surface area contributed by atoms with Crippen LogP contribution in [0.15, 0.2) is 0 Å². The molecule has 0 unspecified atom stereocenters. The summed E-state index contributed by atoms with van der Waals surface area (Å²) in [5, 5.41) is 0. The monoisotopic (exact) mass is 428 g/mol. The van der Waals surface area contributed by atoms with E-state index >= 15 is 0 Å². The molecule has 0 atom stereocenters. The fraction of sp³-hybridized carbons (Fsp3) is 0. The zero-order valence-electron chi connectivity index (χ0n) is 3.44. The Bertz CT molecular complexity index is 16.0. The van der Waals surface area contributed by atoms with Crippen molar-refractivity contribution >= 4 is 0 Å². The van der Waals surface area contributed by atoms with Gasteiger partial charge in [0.05, 0.1) is 0 Å². The van der Waals surface area contributed by atoms with Gasteiger partial charge >= 0.3 is 0 Å². The molecule has 0 bridgehead atoms. The van der Waals surface area contributed by atoms with E-state index in [-0.39, 0.29) is 93.3 Å². The summed E-state index contributed by atoms with van der Waals surface area (Å²) < 4.78 is 0. The van der Waals surface area contributed by atoms with Crippen LogP contribution >= 0.6 is 0 Å². The number of hydrogen-bond acceptors (Lipinski definition) is 0. The first-order valence-corrected chi connectivity index (χ1v) is 0. The topological polar surface area (TPSA) is 126 Å². The predicted octanol–water partition coefficient (Wildman–Crippen LogP) is -3.31. The van der Waals surface area contributed by atoms with Crippen LogP contribution in [-0.2, 0) is 71.4 Å². The van der Waals surface area contributed by atoms with Crippen LogP contribution in [0.5, 0.6) is 0 Å². The molecule has 8 heavy (non-hydrogen) atoms. The summed E-state index contributed by atoms with van der Waals surface area (Å²) in [5.74, 6) is 0. The summed E-state index contributed by atoms with van der Waals surface area (Å²) in [4.78, 5) is 0. The predicted molar refractivity (Wildman–Crippen MR) is 14.5 cm³/mol. The van der Waals surface area contributed by atoms with Crippen LogP contribution in [-0.4, -0.2) is 21.9 Å². The normalized spacial score (nSPS) is 0. The van der Waals surface area contributed by atoms with Crippen molar-refractivity contribution in [1.82, 2.24) is 0 Å². The van der Waals surface area contributed by atoms with Crippen LogP contribution in [0.25, 0.3) is 0 Å². The average Bonchev–Trinajstić information content (AvgIpc) is 0. The molecule has 0 aliphatic carbocycles. The molecule has 64 valence electrons. The maximum absolute atomic E-state index is 0. The molecular formula is H8CoMnNiO4W. The van der Waals surface area contributed by atoms with Crippen LogP contribution in [0.3, 0.4) is 0 Å². The SMILES string of the molecule is O.O.O.O.[Co].[Mn].[Ni].[W]. The zero-order valence-corrected chi connectivity index (χ0v) is 9.58. The second kappa shape index (κ2) is 140. The van der Waals surface area contributed by atoms with Crippen molar-refractivity contribution in [3.05, 3.63) is 0 Å². The summed E-state index contributed by atoms with van der Waals surface area (Å²) >= 11 is 0. The standard InChI is InChI=1S/Co.Mn.Ni.4H2O.W/h;;;4*1H2;. The quantitative estimate of drug-likeness (QED) is 0.358. The Labute approximate surface area is 92.6 Å². The second-order valence-electron chi connectivity index (χ2n) is 0. The van der Waals surface area contributed by atoms with Gasteiger partial charge in [-0.25, -0.2) is 0 Å². The van der Waals surface area contributed by atoms with Gasteiger partial charge in [0.2, 0.25) is 0 Å². The Kier molecular flexibility index (Phi) is 3430. The van der Waals surface area contributed by atoms with Crippen LogP contribution in [0, 0.1) is 0 Å². The van der Waals surface area contributed by atoms with E-state index in [1.165, 1.54) is 0 Å². The molecule has 0 aromatic rings. The Hall–Kier alpha value is 2.05. The minimum Gasteiger partial charge on any atom is -0.412 e. The van der Waals surface area contributed by atoms with Gasteiger partial charge in [-0.05, 0) is 0 Å². The summed E-state index contributed by atoms with van der Waals surface area (Å²) in [7, 11) is 0. The number of rotatable bonds is 0. The Morgan fingerprint density at radius 3 is 0.625 bits per heavy atom. The van der Waals surface area contributed by atoms with Gasteiger partial charge in [0.15, 0.2) is 0 Å². The van der Waals surface area contributed by atoms with Crippen molar-refractivity contribution in [1.29, 1.82) is 0 Å². The van der Waals surface area contributed by atoms with Crippen molar-refractivity contribution in [3.8, 4) is 0 Å². The average molecular weight is 428 g/mol. The van der Waals surface area contributed by atoms with E-state index in [1.807, 2.05) is 0 Å². The van der Waals surface area contributed by atoms with E-state index in [9.17, 15) is 0 Å². The van der Waals surface area contributed by atoms with Crippen LogP contribution in [0.4, 0.5) is 0 Å². The molecule has 0 saturated heterocycles. The third-order valence-corrected chi connectivity index (χ3v) is 0. The zero-order chi connectivity index (χ0) is 0. The molecule has 0 aromatic heterocycles. The van der Waals surface area contributed by atoms with Gasteiger partial charge in [-0.1, -0.05) is 0 Å². The van der Waals surface area contributed by atoms with Gasteiger partial charge in [0, 0.05) is 71.4 Å². The molecule has 0 fully saturated rings. The van der Waals surface area contributed by atoms with Crippen LogP contribution in [0.1, 0.15) is 0 Å². The molecule has 0 rings (SSSR count). The fourth-order valence-corrected chi connectivity index (χ4v) is 0. The summed E-state index contributed by atoms with van der Waals surface area (Å²) in [6, 6.07) is 0. The van der Waals surface area contributed by atoms with Crippen LogP contribution in [0.2, 0.25) is 0 Å². The maximum Gasteiger partial charge on any atom is 0 e. The van der Waals surface area contributed by atoms with E-state index in [1.54, 1.807) is 0 Å². The van der Waals surface area contributed by atoms with E-state index in [2.05, 4.69) is 0 Å². The van der Waals surface area contributed by atoms with Gasteiger partial charge in [-0.2, -0.15) is 0 Å². The van der Waals surface area contributed by atoms with Gasteiger partial charge < -0.3 is 21.9 Å². The van der Waals surface area contributed by atoms with Crippen molar-refractivity contribution in [2.75, 3.05) is 0 Å². The summed E-state index contributed by atoms with van der Waals surface area (Å²) in [5.41, 5.74) is 0. The molecule has 0 spiro atoms. The van der Waals surface area contributed by atoms with E-state index in [0.717, 1.165) is 0 Å². The molecule has 0 saturated carbocycles.